The van der Waals surface area contributed by atoms with E-state index in [4.69, 9.17) is 9.40 Å². The lowest BCUT2D eigenvalue weighted by Gasteiger charge is -2.22. The molecular weight excluding hydrogens is 422 g/mol. The number of nitrogens with zero attached hydrogens (tertiary/aromatic N) is 4. The van der Waals surface area contributed by atoms with Gasteiger partial charge in [0.15, 0.2) is 0 Å². The van der Waals surface area contributed by atoms with E-state index in [9.17, 15) is 14.7 Å². The number of nitrogens with one attached hydrogen (secondary N) is 1. The van der Waals surface area contributed by atoms with Gasteiger partial charge in [-0.25, -0.2) is 14.8 Å². The lowest BCUT2D eigenvalue weighted by atomic mass is 10.0. The van der Waals surface area contributed by atoms with E-state index in [2.05, 4.69) is 22.4 Å². The van der Waals surface area contributed by atoms with Gasteiger partial charge in [-0.1, -0.05) is 6.07 Å². The minimum Gasteiger partial charge on any atom is -0.481 e. The predicted octanol–water partition coefficient (Wildman–Crippen LogP) is 3.12. The first-order valence-corrected chi connectivity index (χ1v) is 11.4. The van der Waals surface area contributed by atoms with Gasteiger partial charge in [-0.2, -0.15) is 0 Å². The summed E-state index contributed by atoms with van der Waals surface area (Å²) < 4.78 is 5.31. The van der Waals surface area contributed by atoms with Crippen molar-refractivity contribution in [3.05, 3.63) is 53.5 Å². The molecule has 0 aromatic carbocycles. The topological polar surface area (TPSA) is 112 Å². The predicted molar refractivity (Wildman–Crippen MR) is 122 cm³/mol. The van der Waals surface area contributed by atoms with Gasteiger partial charge in [0.1, 0.15) is 11.7 Å². The Hall–Kier alpha value is -3.62. The summed E-state index contributed by atoms with van der Waals surface area (Å²) in [6, 6.07) is 9.35. The average molecular weight is 450 g/mol. The van der Waals surface area contributed by atoms with Gasteiger partial charge in [-0.05, 0) is 55.5 Å². The number of carboxylic acid groups (broad SMARTS) is 1. The molecule has 5 rings (SSSR count). The number of aromatic nitrogens is 2. The quantitative estimate of drug-likeness (QED) is 0.543. The van der Waals surface area contributed by atoms with Crippen LogP contribution in [0.5, 0.6) is 0 Å². The van der Waals surface area contributed by atoms with Crippen LogP contribution < -0.4 is 5.32 Å². The zero-order valence-electron chi connectivity index (χ0n) is 18.4. The lowest BCUT2D eigenvalue weighted by molar-refractivity contribution is -0.139. The molecule has 33 heavy (non-hydrogen) atoms. The summed E-state index contributed by atoms with van der Waals surface area (Å²) in [6.45, 7) is 2.77. The zero-order valence-corrected chi connectivity index (χ0v) is 18.4. The number of carbonyl (C=O) groups excluding carboxylic acids is 1. The molecule has 2 amide bonds. The molecular formula is C24H27N5O4. The molecule has 2 N–H and O–H groups in total. The summed E-state index contributed by atoms with van der Waals surface area (Å²) in [6.07, 6.45) is 5.33. The Labute approximate surface area is 191 Å². The molecule has 9 heteroatoms. The van der Waals surface area contributed by atoms with Crippen LogP contribution in [0.15, 0.2) is 41.0 Å². The first kappa shape index (κ1) is 21.2. The highest BCUT2D eigenvalue weighted by molar-refractivity contribution is 5.81. The van der Waals surface area contributed by atoms with Crippen molar-refractivity contribution in [2.45, 2.75) is 31.6 Å². The highest BCUT2D eigenvalue weighted by Crippen LogP contribution is 2.23. The SMILES string of the molecule is O=C(O)[C@H](CN1CCN(CCCc2ccc3c(n2)NCCC3)C1=O)c1ccc2ccoc2n1. The van der Waals surface area contributed by atoms with E-state index in [0.29, 0.717) is 31.0 Å². The smallest absolute Gasteiger partial charge is 0.320 e. The second kappa shape index (κ2) is 9.09. The maximum absolute atomic E-state index is 12.9. The number of hydrogen-bond donors (Lipinski definition) is 2. The molecule has 0 spiro atoms. The van der Waals surface area contributed by atoms with Crippen molar-refractivity contribution in [1.29, 1.82) is 0 Å². The average Bonchev–Trinajstić information content (AvgIpc) is 3.43. The molecule has 3 aromatic heterocycles. The van der Waals surface area contributed by atoms with Crippen LogP contribution in [0.2, 0.25) is 0 Å². The third kappa shape index (κ3) is 4.48. The highest BCUT2D eigenvalue weighted by atomic mass is 16.4. The van der Waals surface area contributed by atoms with E-state index in [0.717, 1.165) is 49.1 Å². The Morgan fingerprint density at radius 1 is 1.15 bits per heavy atom. The van der Waals surface area contributed by atoms with Gasteiger partial charge in [-0.15, -0.1) is 0 Å². The maximum Gasteiger partial charge on any atom is 0.320 e. The number of amides is 2. The van der Waals surface area contributed by atoms with E-state index in [1.165, 1.54) is 11.8 Å². The molecule has 1 fully saturated rings. The Bertz CT molecular complexity index is 1180. The van der Waals surface area contributed by atoms with Crippen molar-refractivity contribution >= 4 is 28.9 Å². The van der Waals surface area contributed by atoms with Crippen LogP contribution in [-0.2, 0) is 17.6 Å². The Morgan fingerprint density at radius 2 is 2.03 bits per heavy atom. The van der Waals surface area contributed by atoms with Gasteiger partial charge < -0.3 is 24.6 Å². The third-order valence-corrected chi connectivity index (χ3v) is 6.39. The molecule has 2 aliphatic rings. The fraction of sp³-hybridized carbons (Fsp3) is 0.417. The fourth-order valence-corrected chi connectivity index (χ4v) is 4.54. The molecule has 0 radical (unpaired) electrons. The number of urea groups is 1. The number of fused-ring (bicyclic) bond motifs is 2. The van der Waals surface area contributed by atoms with Crippen LogP contribution in [0.4, 0.5) is 10.6 Å². The summed E-state index contributed by atoms with van der Waals surface area (Å²) in [4.78, 5) is 37.3. The first-order valence-electron chi connectivity index (χ1n) is 11.4. The Balaban J connectivity index is 1.17. The minimum atomic E-state index is -1.01. The highest BCUT2D eigenvalue weighted by Gasteiger charge is 2.33. The van der Waals surface area contributed by atoms with E-state index >= 15 is 0 Å². The van der Waals surface area contributed by atoms with Gasteiger partial charge in [0.25, 0.3) is 0 Å². The first-order chi connectivity index (χ1) is 16.1. The number of aliphatic carboxylic acids is 1. The van der Waals surface area contributed by atoms with Gasteiger partial charge in [0.05, 0.1) is 12.0 Å². The van der Waals surface area contributed by atoms with Crippen LogP contribution in [0, 0.1) is 0 Å². The Kier molecular flexibility index (Phi) is 5.85. The van der Waals surface area contributed by atoms with Crippen molar-refractivity contribution < 1.29 is 19.1 Å². The molecule has 5 heterocycles. The third-order valence-electron chi connectivity index (χ3n) is 6.39. The molecule has 9 nitrogen and oxygen atoms in total. The van der Waals surface area contributed by atoms with Crippen molar-refractivity contribution in [3.63, 3.8) is 0 Å². The summed E-state index contributed by atoms with van der Waals surface area (Å²) in [5.41, 5.74) is 3.09. The molecule has 0 aliphatic carbocycles. The number of pyridine rings is 2. The molecule has 2 aliphatic heterocycles. The van der Waals surface area contributed by atoms with E-state index in [-0.39, 0.29) is 12.6 Å². The summed E-state index contributed by atoms with van der Waals surface area (Å²) >= 11 is 0. The van der Waals surface area contributed by atoms with Crippen molar-refractivity contribution in [1.82, 2.24) is 19.8 Å². The number of furan rings is 1. The van der Waals surface area contributed by atoms with Gasteiger partial charge in [-0.3, -0.25) is 4.79 Å². The normalized spacial score (nSPS) is 16.7. The second-order valence-corrected chi connectivity index (χ2v) is 8.60. The standard InChI is InChI=1S/C24H27N5O4/c30-23(31)19(20-8-6-17-9-14-33-22(17)27-20)15-29-13-12-28(24(29)32)11-2-4-18-7-5-16-3-1-10-25-21(16)26-18/h5-9,14,19H,1-4,10-13,15H2,(H,25,26)(H,30,31)/t19-/m1/s1. The lowest BCUT2D eigenvalue weighted by Crippen LogP contribution is -2.37. The van der Waals surface area contributed by atoms with Crippen molar-refractivity contribution in [2.24, 2.45) is 0 Å². The minimum absolute atomic E-state index is 0.0852. The molecule has 0 saturated carbocycles. The molecule has 1 saturated heterocycles. The molecule has 1 atom stereocenters. The Morgan fingerprint density at radius 3 is 2.91 bits per heavy atom. The van der Waals surface area contributed by atoms with Crippen LogP contribution >= 0.6 is 0 Å². The van der Waals surface area contributed by atoms with E-state index < -0.39 is 11.9 Å². The zero-order chi connectivity index (χ0) is 22.8. The number of anilines is 1. The van der Waals surface area contributed by atoms with Gasteiger partial charge >= 0.3 is 12.0 Å². The van der Waals surface area contributed by atoms with Crippen molar-refractivity contribution in [2.75, 3.05) is 38.0 Å². The van der Waals surface area contributed by atoms with Gasteiger partial charge in [0, 0.05) is 43.8 Å². The molecule has 0 bridgehead atoms. The van der Waals surface area contributed by atoms with Crippen LogP contribution in [0.25, 0.3) is 11.1 Å². The van der Waals surface area contributed by atoms with Crippen LogP contribution in [0.3, 0.4) is 0 Å². The number of hydrogen-bond acceptors (Lipinski definition) is 6. The van der Waals surface area contributed by atoms with Crippen LogP contribution in [-0.4, -0.2) is 69.6 Å². The maximum atomic E-state index is 12.9. The number of carboxylic acids is 1. The second-order valence-electron chi connectivity index (χ2n) is 8.60. The summed E-state index contributed by atoms with van der Waals surface area (Å²) in [5, 5.41) is 13.9. The monoisotopic (exact) mass is 449 g/mol. The van der Waals surface area contributed by atoms with Crippen molar-refractivity contribution in [3.8, 4) is 0 Å². The number of carbonyl (C=O) groups is 2. The van der Waals surface area contributed by atoms with E-state index in [1.54, 1.807) is 28.0 Å². The largest absolute Gasteiger partial charge is 0.481 e. The summed E-state index contributed by atoms with van der Waals surface area (Å²) in [5.74, 6) is -0.925. The molecule has 3 aromatic rings. The van der Waals surface area contributed by atoms with Gasteiger partial charge in [0.2, 0.25) is 5.71 Å². The molecule has 0 unspecified atom stereocenters. The number of rotatable bonds is 8. The van der Waals surface area contributed by atoms with Crippen LogP contribution in [0.1, 0.15) is 35.7 Å². The number of aryl methyl sites for hydroxylation is 2. The molecule has 172 valence electrons. The summed E-state index contributed by atoms with van der Waals surface area (Å²) in [7, 11) is 0. The van der Waals surface area contributed by atoms with E-state index in [1.807, 2.05) is 0 Å². The fourth-order valence-electron chi connectivity index (χ4n) is 4.54.